The zero-order valence-corrected chi connectivity index (χ0v) is 13.2. The minimum absolute atomic E-state index is 0.0408. The van der Waals surface area contributed by atoms with Crippen molar-refractivity contribution in [2.75, 3.05) is 5.32 Å². The van der Waals surface area contributed by atoms with E-state index in [-0.39, 0.29) is 5.91 Å². The van der Waals surface area contributed by atoms with Gasteiger partial charge < -0.3 is 5.32 Å². The van der Waals surface area contributed by atoms with Gasteiger partial charge in [0.2, 0.25) is 11.0 Å². The molecular weight excluding hydrogens is 296 g/mol. The molecule has 0 radical (unpaired) electrons. The Labute approximate surface area is 132 Å². The number of amides is 1. The molecule has 0 aliphatic carbocycles. The topological polar surface area (TPSA) is 59.8 Å². The van der Waals surface area contributed by atoms with E-state index in [4.69, 9.17) is 0 Å². The number of nitrogens with one attached hydrogen (secondary N) is 1. The molecule has 0 aliphatic rings. The SMILES string of the molecule is CCC(=O)Nc1cc(C)nn1-c1nc(-c2ccccc2)cs1. The molecule has 5 nitrogen and oxygen atoms in total. The van der Waals surface area contributed by atoms with Gasteiger partial charge in [0.05, 0.1) is 11.4 Å². The van der Waals surface area contributed by atoms with Crippen LogP contribution in [0.1, 0.15) is 19.0 Å². The molecule has 3 rings (SSSR count). The monoisotopic (exact) mass is 312 g/mol. The van der Waals surface area contributed by atoms with Crippen LogP contribution in [0.2, 0.25) is 0 Å². The normalized spacial score (nSPS) is 10.6. The van der Waals surface area contributed by atoms with Crippen LogP contribution >= 0.6 is 11.3 Å². The summed E-state index contributed by atoms with van der Waals surface area (Å²) < 4.78 is 1.68. The number of carbonyl (C=O) groups is 1. The minimum atomic E-state index is -0.0408. The van der Waals surface area contributed by atoms with Crippen molar-refractivity contribution in [2.45, 2.75) is 20.3 Å². The molecule has 0 aliphatic heterocycles. The summed E-state index contributed by atoms with van der Waals surface area (Å²) in [4.78, 5) is 16.3. The molecule has 0 unspecified atom stereocenters. The fourth-order valence-corrected chi connectivity index (χ4v) is 2.86. The summed E-state index contributed by atoms with van der Waals surface area (Å²) in [5, 5.41) is 10.0. The summed E-state index contributed by atoms with van der Waals surface area (Å²) in [5.74, 6) is 0.610. The number of benzene rings is 1. The lowest BCUT2D eigenvalue weighted by Crippen LogP contribution is -2.13. The largest absolute Gasteiger partial charge is 0.311 e. The number of aromatic nitrogens is 3. The maximum absolute atomic E-state index is 11.6. The third kappa shape index (κ3) is 2.92. The Kier molecular flexibility index (Phi) is 4.02. The first kappa shape index (κ1) is 14.5. The molecule has 1 amide bonds. The number of hydrogen-bond donors (Lipinski definition) is 1. The average molecular weight is 312 g/mol. The Hall–Kier alpha value is -2.47. The molecule has 0 saturated carbocycles. The van der Waals surface area contributed by atoms with E-state index in [1.54, 1.807) is 4.68 Å². The number of aryl methyl sites for hydroxylation is 1. The van der Waals surface area contributed by atoms with Crippen LogP contribution in [0.15, 0.2) is 41.8 Å². The van der Waals surface area contributed by atoms with E-state index in [0.29, 0.717) is 12.2 Å². The van der Waals surface area contributed by atoms with Crippen molar-refractivity contribution in [3.63, 3.8) is 0 Å². The molecule has 0 fully saturated rings. The highest BCUT2D eigenvalue weighted by Crippen LogP contribution is 2.26. The Morgan fingerprint density at radius 2 is 2.09 bits per heavy atom. The summed E-state index contributed by atoms with van der Waals surface area (Å²) in [6, 6.07) is 11.8. The van der Waals surface area contributed by atoms with Gasteiger partial charge in [-0.2, -0.15) is 9.78 Å². The van der Waals surface area contributed by atoms with Gasteiger partial charge in [-0.15, -0.1) is 11.3 Å². The number of carbonyl (C=O) groups excluding carboxylic acids is 1. The molecule has 0 saturated heterocycles. The Bertz CT molecular complexity index is 792. The molecule has 6 heteroatoms. The summed E-state index contributed by atoms with van der Waals surface area (Å²) in [6.07, 6.45) is 0.428. The summed E-state index contributed by atoms with van der Waals surface area (Å²) in [6.45, 7) is 3.71. The third-order valence-electron chi connectivity index (χ3n) is 3.16. The van der Waals surface area contributed by atoms with Crippen LogP contribution in [0.25, 0.3) is 16.4 Å². The first-order valence-corrected chi connectivity index (χ1v) is 7.93. The highest BCUT2D eigenvalue weighted by atomic mass is 32.1. The smallest absolute Gasteiger partial charge is 0.225 e. The van der Waals surface area contributed by atoms with Gasteiger partial charge in [0, 0.05) is 23.4 Å². The van der Waals surface area contributed by atoms with Gasteiger partial charge in [-0.25, -0.2) is 4.98 Å². The Balaban J connectivity index is 1.95. The van der Waals surface area contributed by atoms with Gasteiger partial charge in [0.1, 0.15) is 5.82 Å². The summed E-state index contributed by atoms with van der Waals surface area (Å²) >= 11 is 1.50. The van der Waals surface area contributed by atoms with Crippen LogP contribution < -0.4 is 5.32 Å². The van der Waals surface area contributed by atoms with Crippen molar-refractivity contribution in [1.29, 1.82) is 0 Å². The van der Waals surface area contributed by atoms with E-state index >= 15 is 0 Å². The van der Waals surface area contributed by atoms with E-state index in [1.807, 2.05) is 55.6 Å². The highest BCUT2D eigenvalue weighted by molar-refractivity contribution is 7.12. The fourth-order valence-electron chi connectivity index (χ4n) is 2.07. The van der Waals surface area contributed by atoms with Gasteiger partial charge in [0.15, 0.2) is 0 Å². The molecule has 1 N–H and O–H groups in total. The zero-order valence-electron chi connectivity index (χ0n) is 12.4. The molecule has 1 aromatic carbocycles. The van der Waals surface area contributed by atoms with Crippen molar-refractivity contribution in [3.05, 3.63) is 47.5 Å². The first-order valence-electron chi connectivity index (χ1n) is 7.05. The van der Waals surface area contributed by atoms with E-state index in [1.165, 1.54) is 11.3 Å². The second kappa shape index (κ2) is 6.11. The van der Waals surface area contributed by atoms with Crippen molar-refractivity contribution in [2.24, 2.45) is 0 Å². The number of anilines is 1. The van der Waals surface area contributed by atoms with Crippen LogP contribution in [0, 0.1) is 6.92 Å². The van der Waals surface area contributed by atoms with E-state index in [9.17, 15) is 4.79 Å². The lowest BCUT2D eigenvalue weighted by atomic mass is 10.2. The predicted molar refractivity (Wildman–Crippen MR) is 88.3 cm³/mol. The number of nitrogens with zero attached hydrogens (tertiary/aromatic N) is 3. The number of rotatable bonds is 4. The quantitative estimate of drug-likeness (QED) is 0.800. The average Bonchev–Trinajstić information content (AvgIpc) is 3.14. The van der Waals surface area contributed by atoms with Gasteiger partial charge >= 0.3 is 0 Å². The van der Waals surface area contributed by atoms with Crippen LogP contribution in [-0.4, -0.2) is 20.7 Å². The standard InChI is InChI=1S/C16H16N4OS/c1-3-15(21)18-14-9-11(2)19-20(14)16-17-13(10-22-16)12-7-5-4-6-8-12/h4-10H,3H2,1-2H3,(H,18,21). The maximum atomic E-state index is 11.6. The van der Waals surface area contributed by atoms with Gasteiger partial charge in [-0.3, -0.25) is 4.79 Å². The van der Waals surface area contributed by atoms with Gasteiger partial charge in [-0.1, -0.05) is 37.3 Å². The third-order valence-corrected chi connectivity index (χ3v) is 3.98. The second-order valence-electron chi connectivity index (χ2n) is 4.87. The van der Waals surface area contributed by atoms with Crippen LogP contribution in [0.3, 0.4) is 0 Å². The van der Waals surface area contributed by atoms with E-state index < -0.39 is 0 Å². The Morgan fingerprint density at radius 3 is 2.82 bits per heavy atom. The first-order chi connectivity index (χ1) is 10.7. The van der Waals surface area contributed by atoms with Crippen molar-refractivity contribution < 1.29 is 4.79 Å². The van der Waals surface area contributed by atoms with Crippen molar-refractivity contribution >= 4 is 23.1 Å². The summed E-state index contributed by atoms with van der Waals surface area (Å²) in [5.41, 5.74) is 2.80. The van der Waals surface area contributed by atoms with Gasteiger partial charge in [0.25, 0.3) is 0 Å². The Morgan fingerprint density at radius 1 is 1.32 bits per heavy atom. The molecule has 2 heterocycles. The van der Waals surface area contributed by atoms with Crippen LogP contribution in [0.4, 0.5) is 5.82 Å². The molecular formula is C16H16N4OS. The second-order valence-corrected chi connectivity index (χ2v) is 5.70. The molecule has 0 bridgehead atoms. The number of hydrogen-bond acceptors (Lipinski definition) is 4. The minimum Gasteiger partial charge on any atom is -0.311 e. The molecule has 2 aromatic heterocycles. The fraction of sp³-hybridized carbons (Fsp3) is 0.188. The van der Waals surface area contributed by atoms with Crippen LogP contribution in [-0.2, 0) is 4.79 Å². The molecule has 0 spiro atoms. The maximum Gasteiger partial charge on any atom is 0.225 e. The lowest BCUT2D eigenvalue weighted by Gasteiger charge is -2.04. The zero-order chi connectivity index (χ0) is 15.5. The van der Waals surface area contributed by atoms with E-state index in [2.05, 4.69) is 15.4 Å². The van der Waals surface area contributed by atoms with Crippen molar-refractivity contribution in [3.8, 4) is 16.4 Å². The molecule has 22 heavy (non-hydrogen) atoms. The molecule has 0 atom stereocenters. The number of thiazole rings is 1. The molecule has 112 valence electrons. The predicted octanol–water partition coefficient (Wildman–Crippen LogP) is 3.65. The highest BCUT2D eigenvalue weighted by Gasteiger charge is 2.13. The molecule has 3 aromatic rings. The van der Waals surface area contributed by atoms with Gasteiger partial charge in [-0.05, 0) is 6.92 Å². The summed E-state index contributed by atoms with van der Waals surface area (Å²) in [7, 11) is 0. The van der Waals surface area contributed by atoms with Crippen molar-refractivity contribution in [1.82, 2.24) is 14.8 Å². The van der Waals surface area contributed by atoms with Crippen LogP contribution in [0.5, 0.6) is 0 Å². The lowest BCUT2D eigenvalue weighted by molar-refractivity contribution is -0.115. The van der Waals surface area contributed by atoms with E-state index in [0.717, 1.165) is 22.1 Å².